The molecule has 0 aromatic heterocycles. The lowest BCUT2D eigenvalue weighted by molar-refractivity contribution is -0.142. The summed E-state index contributed by atoms with van der Waals surface area (Å²) in [6.45, 7) is 3.51. The largest absolute Gasteiger partial charge is 0.497 e. The summed E-state index contributed by atoms with van der Waals surface area (Å²) in [7, 11) is -2.15. The van der Waals surface area contributed by atoms with Crippen LogP contribution in [0.4, 0.5) is 0 Å². The predicted octanol–water partition coefficient (Wildman–Crippen LogP) is 2.38. The maximum absolute atomic E-state index is 12.2. The molecule has 2 rings (SSSR count). The van der Waals surface area contributed by atoms with Crippen LogP contribution < -0.4 is 9.46 Å². The van der Waals surface area contributed by atoms with Gasteiger partial charge in [-0.2, -0.15) is 4.72 Å². The monoisotopic (exact) mass is 377 g/mol. The lowest BCUT2D eigenvalue weighted by Gasteiger charge is -2.09. The molecule has 0 fully saturated rings. The van der Waals surface area contributed by atoms with Crippen LogP contribution in [-0.2, 0) is 26.0 Å². The highest BCUT2D eigenvalue weighted by atomic mass is 32.2. The van der Waals surface area contributed by atoms with Crippen molar-refractivity contribution in [2.75, 3.05) is 20.3 Å². The Kier molecular flexibility index (Phi) is 6.76. The van der Waals surface area contributed by atoms with Crippen LogP contribution in [0.1, 0.15) is 16.7 Å². The van der Waals surface area contributed by atoms with Gasteiger partial charge < -0.3 is 9.47 Å². The number of nitrogens with one attached hydrogen (secondary N) is 1. The van der Waals surface area contributed by atoms with Gasteiger partial charge in [0.1, 0.15) is 12.3 Å². The number of benzene rings is 2. The number of carbonyl (C=O) groups is 1. The van der Waals surface area contributed by atoms with Gasteiger partial charge in [-0.25, -0.2) is 8.42 Å². The summed E-state index contributed by atoms with van der Waals surface area (Å²) in [5.41, 5.74) is 2.87. The van der Waals surface area contributed by atoms with Crippen LogP contribution in [-0.4, -0.2) is 34.6 Å². The normalized spacial score (nSPS) is 11.2. The molecule has 0 spiro atoms. The summed E-state index contributed by atoms with van der Waals surface area (Å²) >= 11 is 0. The van der Waals surface area contributed by atoms with Crippen molar-refractivity contribution in [2.45, 2.75) is 25.2 Å². The fourth-order valence-electron chi connectivity index (χ4n) is 2.24. The molecule has 0 saturated heterocycles. The molecule has 7 heteroatoms. The van der Waals surface area contributed by atoms with Crippen molar-refractivity contribution >= 4 is 16.0 Å². The zero-order valence-electron chi connectivity index (χ0n) is 15.1. The van der Waals surface area contributed by atoms with Crippen LogP contribution in [0, 0.1) is 13.8 Å². The average Bonchev–Trinajstić information content (AvgIpc) is 2.63. The topological polar surface area (TPSA) is 81.7 Å². The molecule has 0 atom stereocenters. The highest BCUT2D eigenvalue weighted by Gasteiger charge is 2.16. The second-order valence-electron chi connectivity index (χ2n) is 5.89. The Bertz CT molecular complexity index is 860. The molecule has 1 N–H and O–H groups in total. The maximum atomic E-state index is 12.2. The summed E-state index contributed by atoms with van der Waals surface area (Å²) in [5.74, 6) is 0.136. The van der Waals surface area contributed by atoms with E-state index in [9.17, 15) is 13.2 Å². The molecule has 0 heterocycles. The van der Waals surface area contributed by atoms with Gasteiger partial charge in [0.05, 0.1) is 18.6 Å². The van der Waals surface area contributed by atoms with Gasteiger partial charge in [0.15, 0.2) is 0 Å². The second-order valence-corrected chi connectivity index (χ2v) is 7.66. The quantitative estimate of drug-likeness (QED) is 0.714. The molecule has 0 aliphatic rings. The number of methoxy groups -OCH3 is 1. The van der Waals surface area contributed by atoms with Crippen molar-refractivity contribution in [3.8, 4) is 5.75 Å². The fraction of sp³-hybridized carbons (Fsp3) is 0.316. The fourth-order valence-corrected chi connectivity index (χ4v) is 3.30. The van der Waals surface area contributed by atoms with Gasteiger partial charge in [-0.3, -0.25) is 4.79 Å². The van der Waals surface area contributed by atoms with E-state index in [1.54, 1.807) is 19.2 Å². The minimum Gasteiger partial charge on any atom is -0.497 e. The van der Waals surface area contributed by atoms with Gasteiger partial charge in [0.2, 0.25) is 10.0 Å². The van der Waals surface area contributed by atoms with Crippen molar-refractivity contribution in [1.82, 2.24) is 4.72 Å². The lowest BCUT2D eigenvalue weighted by atomic mass is 10.1. The number of aryl methyl sites for hydroxylation is 2. The van der Waals surface area contributed by atoms with Gasteiger partial charge in [-0.05, 0) is 54.8 Å². The zero-order valence-corrected chi connectivity index (χ0v) is 15.9. The number of sulfonamides is 1. The van der Waals surface area contributed by atoms with Crippen LogP contribution in [0.2, 0.25) is 0 Å². The highest BCUT2D eigenvalue weighted by molar-refractivity contribution is 7.89. The Balaban J connectivity index is 1.80. The van der Waals surface area contributed by atoms with Crippen LogP contribution in [0.25, 0.3) is 0 Å². The molecule has 0 amide bonds. The molecule has 2 aromatic carbocycles. The summed E-state index contributed by atoms with van der Waals surface area (Å²) in [5, 5.41) is 0. The molecule has 0 unspecified atom stereocenters. The third-order valence-electron chi connectivity index (χ3n) is 4.01. The van der Waals surface area contributed by atoms with Gasteiger partial charge in [-0.15, -0.1) is 0 Å². The molecule has 0 aliphatic heterocycles. The minimum absolute atomic E-state index is 0.131. The molecule has 0 aliphatic carbocycles. The first-order chi connectivity index (χ1) is 12.3. The molecule has 0 bridgehead atoms. The van der Waals surface area contributed by atoms with Crippen molar-refractivity contribution in [3.05, 3.63) is 59.2 Å². The van der Waals surface area contributed by atoms with E-state index in [2.05, 4.69) is 4.72 Å². The predicted molar refractivity (Wildman–Crippen MR) is 98.8 cm³/mol. The zero-order chi connectivity index (χ0) is 19.2. The first-order valence-corrected chi connectivity index (χ1v) is 9.65. The van der Waals surface area contributed by atoms with E-state index in [1.807, 2.05) is 38.1 Å². The molecule has 140 valence electrons. The number of carbonyl (C=O) groups excluding carboxylic acids is 1. The van der Waals surface area contributed by atoms with E-state index in [0.29, 0.717) is 6.42 Å². The molecule has 26 heavy (non-hydrogen) atoms. The van der Waals surface area contributed by atoms with Crippen molar-refractivity contribution in [2.24, 2.45) is 0 Å². The molecule has 2 aromatic rings. The lowest BCUT2D eigenvalue weighted by Crippen LogP contribution is -2.31. The van der Waals surface area contributed by atoms with Gasteiger partial charge in [-0.1, -0.05) is 18.2 Å². The third kappa shape index (κ3) is 5.57. The van der Waals surface area contributed by atoms with E-state index >= 15 is 0 Å². The maximum Gasteiger partial charge on any atom is 0.321 e. The van der Waals surface area contributed by atoms with Gasteiger partial charge in [0.25, 0.3) is 0 Å². The Hall–Kier alpha value is -2.38. The number of hydrogen-bond donors (Lipinski definition) is 1. The van der Waals surface area contributed by atoms with Gasteiger partial charge in [0, 0.05) is 6.42 Å². The summed E-state index contributed by atoms with van der Waals surface area (Å²) in [6, 6.07) is 12.2. The van der Waals surface area contributed by atoms with E-state index in [1.165, 1.54) is 6.07 Å². The van der Waals surface area contributed by atoms with Gasteiger partial charge >= 0.3 is 5.97 Å². The van der Waals surface area contributed by atoms with E-state index < -0.39 is 22.5 Å². The minimum atomic E-state index is -3.74. The van der Waals surface area contributed by atoms with Crippen LogP contribution >= 0.6 is 0 Å². The average molecular weight is 377 g/mol. The van der Waals surface area contributed by atoms with Crippen molar-refractivity contribution in [3.63, 3.8) is 0 Å². The van der Waals surface area contributed by atoms with E-state index in [4.69, 9.17) is 9.47 Å². The molecule has 0 saturated carbocycles. The van der Waals surface area contributed by atoms with Crippen LogP contribution in [0.5, 0.6) is 5.75 Å². The van der Waals surface area contributed by atoms with Crippen molar-refractivity contribution < 1.29 is 22.7 Å². The van der Waals surface area contributed by atoms with Crippen molar-refractivity contribution in [1.29, 1.82) is 0 Å². The first kappa shape index (κ1) is 19.9. The molecular weight excluding hydrogens is 354 g/mol. The number of esters is 1. The Morgan fingerprint density at radius 1 is 1.04 bits per heavy atom. The summed E-state index contributed by atoms with van der Waals surface area (Å²) < 4.78 is 36.9. The van der Waals surface area contributed by atoms with Crippen LogP contribution in [0.3, 0.4) is 0 Å². The molecular formula is C19H23NO5S. The van der Waals surface area contributed by atoms with E-state index in [-0.39, 0.29) is 11.5 Å². The number of rotatable bonds is 8. The molecule has 0 radical (unpaired) electrons. The Labute approximate surface area is 154 Å². The summed E-state index contributed by atoms with van der Waals surface area (Å²) in [4.78, 5) is 11.9. The highest BCUT2D eigenvalue weighted by Crippen LogP contribution is 2.14. The number of hydrogen-bond acceptors (Lipinski definition) is 5. The van der Waals surface area contributed by atoms with E-state index in [0.717, 1.165) is 22.4 Å². The standard InChI is InChI=1S/C19H23NO5S/c1-14-4-9-18(12-15(14)2)26(22,23)20-13-19(21)25-11-10-16-5-7-17(24-3)8-6-16/h4-9,12,20H,10-11,13H2,1-3H3. The molecule has 6 nitrogen and oxygen atoms in total. The number of ether oxygens (including phenoxy) is 2. The second kappa shape index (κ2) is 8.82. The summed E-state index contributed by atoms with van der Waals surface area (Å²) in [6.07, 6.45) is 0.541. The van der Waals surface area contributed by atoms with Crippen LogP contribution in [0.15, 0.2) is 47.4 Å². The smallest absolute Gasteiger partial charge is 0.321 e. The third-order valence-corrected chi connectivity index (χ3v) is 5.41. The first-order valence-electron chi connectivity index (χ1n) is 8.17. The SMILES string of the molecule is COc1ccc(CCOC(=O)CNS(=O)(=O)c2ccc(C)c(C)c2)cc1. The Morgan fingerprint density at radius 3 is 2.35 bits per heavy atom. The Morgan fingerprint density at radius 2 is 1.73 bits per heavy atom.